The van der Waals surface area contributed by atoms with E-state index >= 15 is 0 Å². The number of hydrogen-bond donors (Lipinski definition) is 1. The first kappa shape index (κ1) is 25.0. The third-order valence-electron chi connectivity index (χ3n) is 9.19. The first-order chi connectivity index (χ1) is 18.2. The van der Waals surface area contributed by atoms with E-state index in [-0.39, 0.29) is 35.6 Å². The number of benzene rings is 1. The number of amides is 1. The Labute approximate surface area is 223 Å². The maximum absolute atomic E-state index is 13.8. The second-order valence-electron chi connectivity index (χ2n) is 11.8. The van der Waals surface area contributed by atoms with Crippen LogP contribution >= 0.6 is 0 Å². The summed E-state index contributed by atoms with van der Waals surface area (Å²) in [5.41, 5.74) is 1.48. The van der Waals surface area contributed by atoms with Crippen LogP contribution in [0.2, 0.25) is 0 Å². The number of hydrogen-bond acceptors (Lipinski definition) is 7. The van der Waals surface area contributed by atoms with Crippen LogP contribution in [0, 0.1) is 5.92 Å². The summed E-state index contributed by atoms with van der Waals surface area (Å²) in [4.78, 5) is 30.7. The Morgan fingerprint density at radius 2 is 2.11 bits per heavy atom. The van der Waals surface area contributed by atoms with Crippen molar-refractivity contribution in [3.63, 3.8) is 0 Å². The summed E-state index contributed by atoms with van der Waals surface area (Å²) in [6, 6.07) is 5.25. The number of ether oxygens (including phenoxy) is 2. The van der Waals surface area contributed by atoms with Gasteiger partial charge in [0.1, 0.15) is 11.7 Å². The number of likely N-dealkylation sites (tertiary alicyclic amines) is 1. The number of aromatic hydroxyl groups is 1. The number of carbonyl (C=O) groups is 2. The van der Waals surface area contributed by atoms with Crippen molar-refractivity contribution >= 4 is 18.0 Å². The van der Waals surface area contributed by atoms with Crippen LogP contribution < -0.4 is 4.74 Å². The molecule has 0 unspecified atom stereocenters. The van der Waals surface area contributed by atoms with E-state index in [2.05, 4.69) is 25.8 Å². The minimum atomic E-state index is -0.793. The van der Waals surface area contributed by atoms with Crippen LogP contribution in [0.3, 0.4) is 0 Å². The smallest absolute Gasteiger partial charge is 0.303 e. The average Bonchev–Trinajstić information content (AvgIpc) is 3.50. The Kier molecular flexibility index (Phi) is 5.87. The van der Waals surface area contributed by atoms with Crippen molar-refractivity contribution < 1.29 is 28.6 Å². The molecule has 8 heteroatoms. The standard InChI is InChI=1S/C30H36N2O6/c1-18(2)16-32(25(35)8-5-20-10-14-36-17-20)22-9-11-30(38-19(3)33)24-15-21-6-7-23(34)27-26(21)29(30,28(22)37-27)12-13-31(24)4/h5-8,10,14,17-18,22,24,28,34H,9,11-13,15-16H2,1-4H3/b8-5+/t22-,24+,28-,29-,30+/m0/s1. The SMILES string of the molecule is CC(=O)O[C@@]12CC[C@H](N(CC(C)C)C(=O)/C=C/c3ccoc3)[C@@H]3Oc4c(O)ccc5c4[C@@]31CCN(C)[C@@H]2C5. The fourth-order valence-corrected chi connectivity index (χ4v) is 7.89. The van der Waals surface area contributed by atoms with E-state index in [4.69, 9.17) is 13.9 Å². The molecule has 1 aromatic heterocycles. The third-order valence-corrected chi connectivity index (χ3v) is 9.19. The molecular weight excluding hydrogens is 484 g/mol. The number of furan rings is 1. The number of nitrogens with zero attached hydrogens (tertiary/aromatic N) is 2. The minimum absolute atomic E-state index is 0.00886. The number of likely N-dealkylation sites (N-methyl/N-ethyl adjacent to an activating group) is 1. The normalized spacial score (nSPS) is 31.2. The summed E-state index contributed by atoms with van der Waals surface area (Å²) in [7, 11) is 2.10. The number of piperidine rings is 1. The lowest BCUT2D eigenvalue weighted by molar-refractivity contribution is -0.221. The molecule has 2 aliphatic heterocycles. The molecule has 1 saturated heterocycles. The van der Waals surface area contributed by atoms with Crippen molar-refractivity contribution in [2.24, 2.45) is 5.92 Å². The topological polar surface area (TPSA) is 92.5 Å². The highest BCUT2D eigenvalue weighted by atomic mass is 16.6. The molecule has 1 aromatic carbocycles. The van der Waals surface area contributed by atoms with Gasteiger partial charge in [-0.15, -0.1) is 0 Å². The van der Waals surface area contributed by atoms with Gasteiger partial charge >= 0.3 is 5.97 Å². The molecule has 2 bridgehead atoms. The monoisotopic (exact) mass is 520 g/mol. The molecule has 2 aliphatic carbocycles. The van der Waals surface area contributed by atoms with Crippen LogP contribution in [0.4, 0.5) is 0 Å². The zero-order valence-corrected chi connectivity index (χ0v) is 22.5. The molecule has 202 valence electrons. The van der Waals surface area contributed by atoms with Crippen LogP contribution in [0.15, 0.2) is 41.2 Å². The zero-order chi connectivity index (χ0) is 26.8. The summed E-state index contributed by atoms with van der Waals surface area (Å²) in [6.07, 6.45) is 8.79. The highest BCUT2D eigenvalue weighted by Gasteiger charge is 2.75. The molecule has 4 aliphatic rings. The highest BCUT2D eigenvalue weighted by molar-refractivity contribution is 5.92. The van der Waals surface area contributed by atoms with Crippen molar-refractivity contribution in [2.75, 3.05) is 20.1 Å². The Bertz CT molecular complexity index is 1290. The fourth-order valence-electron chi connectivity index (χ4n) is 7.89. The minimum Gasteiger partial charge on any atom is -0.504 e. The summed E-state index contributed by atoms with van der Waals surface area (Å²) in [6.45, 7) is 7.06. The van der Waals surface area contributed by atoms with Gasteiger partial charge in [-0.1, -0.05) is 19.9 Å². The molecule has 5 atom stereocenters. The van der Waals surface area contributed by atoms with E-state index in [1.54, 1.807) is 30.7 Å². The van der Waals surface area contributed by atoms with Crippen molar-refractivity contribution in [3.05, 3.63) is 53.5 Å². The molecule has 0 radical (unpaired) electrons. The van der Waals surface area contributed by atoms with Crippen molar-refractivity contribution in [3.8, 4) is 11.5 Å². The Morgan fingerprint density at radius 3 is 2.82 bits per heavy atom. The van der Waals surface area contributed by atoms with Gasteiger partial charge in [0.15, 0.2) is 11.5 Å². The molecule has 1 spiro atoms. The van der Waals surface area contributed by atoms with Crippen LogP contribution in [0.1, 0.15) is 56.7 Å². The fraction of sp³-hybridized carbons (Fsp3) is 0.533. The lowest BCUT2D eigenvalue weighted by Gasteiger charge is -2.65. The van der Waals surface area contributed by atoms with Gasteiger partial charge in [0.25, 0.3) is 0 Å². The number of phenols is 1. The maximum Gasteiger partial charge on any atom is 0.303 e. The van der Waals surface area contributed by atoms with E-state index in [1.165, 1.54) is 6.92 Å². The van der Waals surface area contributed by atoms with Crippen molar-refractivity contribution in [2.45, 2.75) is 75.7 Å². The molecular formula is C30H36N2O6. The second-order valence-corrected chi connectivity index (χ2v) is 11.8. The van der Waals surface area contributed by atoms with Crippen LogP contribution in [-0.4, -0.2) is 70.7 Å². The van der Waals surface area contributed by atoms with Crippen LogP contribution in [0.5, 0.6) is 11.5 Å². The first-order valence-electron chi connectivity index (χ1n) is 13.6. The number of phenolic OH excluding ortho intramolecular Hbond substituents is 1. The summed E-state index contributed by atoms with van der Waals surface area (Å²) < 4.78 is 18.3. The van der Waals surface area contributed by atoms with Gasteiger partial charge in [0.2, 0.25) is 5.91 Å². The molecule has 1 saturated carbocycles. The van der Waals surface area contributed by atoms with E-state index in [1.807, 2.05) is 17.0 Å². The van der Waals surface area contributed by atoms with Crippen molar-refractivity contribution in [1.82, 2.24) is 9.80 Å². The average molecular weight is 521 g/mol. The van der Waals surface area contributed by atoms with Crippen LogP contribution in [0.25, 0.3) is 6.08 Å². The van der Waals surface area contributed by atoms with Crippen LogP contribution in [-0.2, 0) is 26.2 Å². The highest BCUT2D eigenvalue weighted by Crippen LogP contribution is 2.67. The molecule has 1 N–H and O–H groups in total. The molecule has 1 amide bonds. The molecule has 3 heterocycles. The first-order valence-corrected chi connectivity index (χ1v) is 13.6. The molecule has 6 rings (SSSR count). The van der Waals surface area contributed by atoms with Crippen molar-refractivity contribution in [1.29, 1.82) is 0 Å². The molecule has 8 nitrogen and oxygen atoms in total. The summed E-state index contributed by atoms with van der Waals surface area (Å²) >= 11 is 0. The largest absolute Gasteiger partial charge is 0.504 e. The van der Waals surface area contributed by atoms with E-state index < -0.39 is 17.1 Å². The Balaban J connectivity index is 1.48. The number of carbonyl (C=O) groups excluding carboxylic acids is 2. The Hall–Kier alpha value is -3.26. The summed E-state index contributed by atoms with van der Waals surface area (Å²) in [5, 5.41) is 11.0. The molecule has 2 aromatic rings. The van der Waals surface area contributed by atoms with Gasteiger partial charge in [0, 0.05) is 30.7 Å². The molecule has 38 heavy (non-hydrogen) atoms. The van der Waals surface area contributed by atoms with Gasteiger partial charge in [-0.2, -0.15) is 0 Å². The third kappa shape index (κ3) is 3.45. The van der Waals surface area contributed by atoms with Gasteiger partial charge in [-0.05, 0) is 69.0 Å². The second kappa shape index (κ2) is 8.90. The van der Waals surface area contributed by atoms with Gasteiger partial charge in [0.05, 0.1) is 30.0 Å². The predicted molar refractivity (Wildman–Crippen MR) is 141 cm³/mol. The lowest BCUT2D eigenvalue weighted by Crippen LogP contribution is -2.79. The van der Waals surface area contributed by atoms with Gasteiger partial charge in [-0.25, -0.2) is 0 Å². The zero-order valence-electron chi connectivity index (χ0n) is 22.5. The van der Waals surface area contributed by atoms with E-state index in [0.29, 0.717) is 31.6 Å². The Morgan fingerprint density at radius 1 is 1.29 bits per heavy atom. The number of rotatable bonds is 6. The number of esters is 1. The van der Waals surface area contributed by atoms with E-state index in [0.717, 1.165) is 29.7 Å². The predicted octanol–water partition coefficient (Wildman–Crippen LogP) is 3.91. The maximum atomic E-state index is 13.8. The lowest BCUT2D eigenvalue weighted by atomic mass is 9.48. The van der Waals surface area contributed by atoms with Gasteiger partial charge in [-0.3, -0.25) is 14.5 Å². The quantitative estimate of drug-likeness (QED) is 0.456. The van der Waals surface area contributed by atoms with Gasteiger partial charge < -0.3 is 23.9 Å². The van der Waals surface area contributed by atoms with E-state index in [9.17, 15) is 14.7 Å². The molecule has 2 fully saturated rings. The summed E-state index contributed by atoms with van der Waals surface area (Å²) in [5.74, 6) is 0.428.